The SMILES string of the molecule is CCCN(CCC)C(=O)[C@@H](Cc1ccc(OCCNCC)cc1)NC(=O)c1ccccc1. The number of carbonyl (C=O) groups is 2. The van der Waals surface area contributed by atoms with Gasteiger partial charge < -0.3 is 20.3 Å². The van der Waals surface area contributed by atoms with Crippen molar-refractivity contribution in [3.05, 3.63) is 65.7 Å². The summed E-state index contributed by atoms with van der Waals surface area (Å²) in [7, 11) is 0. The van der Waals surface area contributed by atoms with E-state index in [1.54, 1.807) is 12.1 Å². The first-order valence-electron chi connectivity index (χ1n) is 11.7. The zero-order valence-electron chi connectivity index (χ0n) is 19.6. The molecule has 0 aromatic heterocycles. The standard InChI is InChI=1S/C26H37N3O3/c1-4-17-29(18-5-2)26(31)24(28-25(30)22-10-8-7-9-11-22)20-21-12-14-23(15-13-21)32-19-16-27-6-3/h7-15,24,27H,4-6,16-20H2,1-3H3,(H,28,30)/t24-/m1/s1. The quantitative estimate of drug-likeness (QED) is 0.441. The summed E-state index contributed by atoms with van der Waals surface area (Å²) in [4.78, 5) is 28.0. The molecule has 2 aromatic carbocycles. The fourth-order valence-corrected chi connectivity index (χ4v) is 3.50. The average molecular weight is 440 g/mol. The van der Waals surface area contributed by atoms with E-state index in [9.17, 15) is 9.59 Å². The summed E-state index contributed by atoms with van der Waals surface area (Å²) in [6, 6.07) is 16.1. The van der Waals surface area contributed by atoms with Crippen LogP contribution in [0.15, 0.2) is 54.6 Å². The first-order valence-corrected chi connectivity index (χ1v) is 11.7. The second-order valence-corrected chi connectivity index (χ2v) is 7.77. The maximum Gasteiger partial charge on any atom is 0.251 e. The topological polar surface area (TPSA) is 70.7 Å². The van der Waals surface area contributed by atoms with Crippen molar-refractivity contribution in [3.63, 3.8) is 0 Å². The number of hydrogen-bond acceptors (Lipinski definition) is 4. The van der Waals surface area contributed by atoms with Crippen molar-refractivity contribution >= 4 is 11.8 Å². The summed E-state index contributed by atoms with van der Waals surface area (Å²) in [5, 5.41) is 6.20. The largest absolute Gasteiger partial charge is 0.492 e. The number of rotatable bonds is 14. The number of benzene rings is 2. The summed E-state index contributed by atoms with van der Waals surface area (Å²) in [6.07, 6.45) is 2.19. The third-order valence-electron chi connectivity index (χ3n) is 5.10. The molecule has 2 N–H and O–H groups in total. The molecule has 2 amide bonds. The Kier molecular flexibility index (Phi) is 11.3. The van der Waals surface area contributed by atoms with Crippen LogP contribution in [0.25, 0.3) is 0 Å². The van der Waals surface area contributed by atoms with Crippen molar-refractivity contribution in [2.24, 2.45) is 0 Å². The van der Waals surface area contributed by atoms with E-state index in [1.807, 2.05) is 47.4 Å². The molecule has 0 spiro atoms. The zero-order chi connectivity index (χ0) is 23.2. The molecule has 0 fully saturated rings. The van der Waals surface area contributed by atoms with Crippen LogP contribution in [0, 0.1) is 0 Å². The highest BCUT2D eigenvalue weighted by molar-refractivity contribution is 5.97. The third-order valence-corrected chi connectivity index (χ3v) is 5.10. The van der Waals surface area contributed by atoms with Crippen LogP contribution < -0.4 is 15.4 Å². The molecule has 0 saturated heterocycles. The van der Waals surface area contributed by atoms with Gasteiger partial charge in [0.15, 0.2) is 0 Å². The Morgan fingerprint density at radius 1 is 0.938 bits per heavy atom. The van der Waals surface area contributed by atoms with Crippen LogP contribution in [0.5, 0.6) is 5.75 Å². The molecule has 0 heterocycles. The van der Waals surface area contributed by atoms with Crippen LogP contribution in [0.3, 0.4) is 0 Å². The van der Waals surface area contributed by atoms with Crippen molar-refractivity contribution < 1.29 is 14.3 Å². The lowest BCUT2D eigenvalue weighted by molar-refractivity contribution is -0.133. The van der Waals surface area contributed by atoms with Gasteiger partial charge in [-0.3, -0.25) is 9.59 Å². The van der Waals surface area contributed by atoms with Crippen molar-refractivity contribution in [1.82, 2.24) is 15.5 Å². The van der Waals surface area contributed by atoms with Crippen LogP contribution in [-0.4, -0.2) is 55.5 Å². The molecular formula is C26H37N3O3. The summed E-state index contributed by atoms with van der Waals surface area (Å²) in [6.45, 7) is 9.86. The number of ether oxygens (including phenoxy) is 1. The molecule has 174 valence electrons. The van der Waals surface area contributed by atoms with Crippen LogP contribution in [-0.2, 0) is 11.2 Å². The van der Waals surface area contributed by atoms with Gasteiger partial charge in [0.05, 0.1) is 0 Å². The highest BCUT2D eigenvalue weighted by Crippen LogP contribution is 2.15. The van der Waals surface area contributed by atoms with Gasteiger partial charge in [-0.2, -0.15) is 0 Å². The van der Waals surface area contributed by atoms with Crippen LogP contribution in [0.4, 0.5) is 0 Å². The van der Waals surface area contributed by atoms with E-state index < -0.39 is 6.04 Å². The number of hydrogen-bond donors (Lipinski definition) is 2. The van der Waals surface area contributed by atoms with Gasteiger partial charge in [0.25, 0.3) is 5.91 Å². The summed E-state index contributed by atoms with van der Waals surface area (Å²) in [5.41, 5.74) is 1.52. The predicted octanol–water partition coefficient (Wildman–Crippen LogP) is 3.66. The molecule has 0 radical (unpaired) electrons. The molecule has 0 aliphatic heterocycles. The first-order chi connectivity index (χ1) is 15.6. The Labute approximate surface area is 192 Å². The number of nitrogens with one attached hydrogen (secondary N) is 2. The van der Waals surface area contributed by atoms with Crippen molar-refractivity contribution in [1.29, 1.82) is 0 Å². The monoisotopic (exact) mass is 439 g/mol. The Morgan fingerprint density at radius 2 is 1.59 bits per heavy atom. The number of likely N-dealkylation sites (N-methyl/N-ethyl adjacent to an activating group) is 1. The lowest BCUT2D eigenvalue weighted by Crippen LogP contribution is -2.50. The van der Waals surface area contributed by atoms with Crippen molar-refractivity contribution in [2.45, 2.75) is 46.1 Å². The summed E-state index contributed by atoms with van der Waals surface area (Å²) in [5.74, 6) is 0.519. The highest BCUT2D eigenvalue weighted by Gasteiger charge is 2.26. The molecule has 2 aromatic rings. The zero-order valence-corrected chi connectivity index (χ0v) is 19.6. The molecule has 0 aliphatic carbocycles. The van der Waals surface area contributed by atoms with Gasteiger partial charge in [0, 0.05) is 31.6 Å². The molecule has 0 bridgehead atoms. The van der Waals surface area contributed by atoms with Crippen LogP contribution in [0.1, 0.15) is 49.5 Å². The Hall–Kier alpha value is -2.86. The lowest BCUT2D eigenvalue weighted by Gasteiger charge is -2.27. The maximum atomic E-state index is 13.3. The van der Waals surface area contributed by atoms with Gasteiger partial charge in [-0.15, -0.1) is 0 Å². The molecule has 0 unspecified atom stereocenters. The number of carbonyl (C=O) groups excluding carboxylic acids is 2. The second-order valence-electron chi connectivity index (χ2n) is 7.77. The molecule has 0 saturated carbocycles. The Morgan fingerprint density at radius 3 is 2.19 bits per heavy atom. The normalized spacial score (nSPS) is 11.6. The summed E-state index contributed by atoms with van der Waals surface area (Å²) < 4.78 is 5.73. The number of nitrogens with zero attached hydrogens (tertiary/aromatic N) is 1. The molecule has 1 atom stereocenters. The minimum Gasteiger partial charge on any atom is -0.492 e. The molecule has 6 heteroatoms. The minimum atomic E-state index is -0.624. The molecule has 32 heavy (non-hydrogen) atoms. The van der Waals surface area contributed by atoms with Crippen molar-refractivity contribution in [2.75, 3.05) is 32.8 Å². The molecule has 6 nitrogen and oxygen atoms in total. The van der Waals surface area contributed by atoms with Crippen LogP contribution in [0.2, 0.25) is 0 Å². The second kappa shape index (κ2) is 14.2. The van der Waals surface area contributed by atoms with Crippen molar-refractivity contribution in [3.8, 4) is 5.75 Å². The van der Waals surface area contributed by atoms with Gasteiger partial charge in [-0.25, -0.2) is 0 Å². The third kappa shape index (κ3) is 8.35. The summed E-state index contributed by atoms with van der Waals surface area (Å²) >= 11 is 0. The Balaban J connectivity index is 2.12. The Bertz CT molecular complexity index is 803. The highest BCUT2D eigenvalue weighted by atomic mass is 16.5. The predicted molar refractivity (Wildman–Crippen MR) is 129 cm³/mol. The smallest absolute Gasteiger partial charge is 0.251 e. The number of amides is 2. The fourth-order valence-electron chi connectivity index (χ4n) is 3.50. The van der Waals surface area contributed by atoms with E-state index >= 15 is 0 Å². The van der Waals surface area contributed by atoms with E-state index in [0.717, 1.165) is 37.2 Å². The van der Waals surface area contributed by atoms with Gasteiger partial charge in [0.1, 0.15) is 18.4 Å². The van der Waals surface area contributed by atoms with Gasteiger partial charge in [0.2, 0.25) is 5.91 Å². The van der Waals surface area contributed by atoms with E-state index in [2.05, 4.69) is 31.4 Å². The van der Waals surface area contributed by atoms with E-state index in [-0.39, 0.29) is 11.8 Å². The van der Waals surface area contributed by atoms with Crippen LogP contribution >= 0.6 is 0 Å². The average Bonchev–Trinajstić information content (AvgIpc) is 2.82. The van der Waals surface area contributed by atoms with Gasteiger partial charge in [-0.1, -0.05) is 51.1 Å². The van der Waals surface area contributed by atoms with E-state index in [1.165, 1.54) is 0 Å². The molecule has 2 rings (SSSR count). The minimum absolute atomic E-state index is 0.0380. The van der Waals surface area contributed by atoms with Gasteiger partial charge in [-0.05, 0) is 49.2 Å². The fraction of sp³-hybridized carbons (Fsp3) is 0.462. The molecular weight excluding hydrogens is 402 g/mol. The molecule has 0 aliphatic rings. The van der Waals surface area contributed by atoms with Gasteiger partial charge >= 0.3 is 0 Å². The first kappa shape index (κ1) is 25.4. The van der Waals surface area contributed by atoms with E-state index in [4.69, 9.17) is 4.74 Å². The van der Waals surface area contributed by atoms with E-state index in [0.29, 0.717) is 31.7 Å². The maximum absolute atomic E-state index is 13.3. The lowest BCUT2D eigenvalue weighted by atomic mass is 10.0.